The molecule has 0 aliphatic carbocycles. The van der Waals surface area contributed by atoms with E-state index in [1.807, 2.05) is 6.07 Å². The second-order valence-electron chi connectivity index (χ2n) is 4.63. The lowest BCUT2D eigenvalue weighted by atomic mass is 10.1. The highest BCUT2D eigenvalue weighted by Crippen LogP contribution is 2.26. The maximum atomic E-state index is 4.65. The molecule has 0 fully saturated rings. The maximum absolute atomic E-state index is 4.65. The van der Waals surface area contributed by atoms with Crippen LogP contribution >= 0.6 is 11.3 Å². The van der Waals surface area contributed by atoms with Crippen LogP contribution < -0.4 is 5.32 Å². The number of hydrogen-bond acceptors (Lipinski definition) is 4. The van der Waals surface area contributed by atoms with Crippen LogP contribution in [0.1, 0.15) is 37.4 Å². The summed E-state index contributed by atoms with van der Waals surface area (Å²) in [6, 6.07) is 4.20. The SMILES string of the molecule is CCNc1cc(-c2csc(C)c2)nc(C(C)C)n1. The Labute approximate surface area is 112 Å². The minimum atomic E-state index is 0.335. The molecule has 0 bridgehead atoms. The molecule has 0 amide bonds. The summed E-state index contributed by atoms with van der Waals surface area (Å²) in [6.07, 6.45) is 0. The predicted molar refractivity (Wildman–Crippen MR) is 78.3 cm³/mol. The second-order valence-corrected chi connectivity index (χ2v) is 5.74. The summed E-state index contributed by atoms with van der Waals surface area (Å²) >= 11 is 1.75. The molecule has 2 aromatic heterocycles. The van der Waals surface area contributed by atoms with Gasteiger partial charge in [0.1, 0.15) is 11.6 Å². The molecule has 0 aliphatic rings. The Bertz CT molecular complexity index is 532. The van der Waals surface area contributed by atoms with Gasteiger partial charge in [0.05, 0.1) is 5.69 Å². The first kappa shape index (κ1) is 13.0. The molecular weight excluding hydrogens is 242 g/mol. The fraction of sp³-hybridized carbons (Fsp3) is 0.429. The average molecular weight is 261 g/mol. The van der Waals surface area contributed by atoms with Gasteiger partial charge < -0.3 is 5.32 Å². The topological polar surface area (TPSA) is 37.8 Å². The first-order valence-electron chi connectivity index (χ1n) is 6.28. The number of hydrogen-bond donors (Lipinski definition) is 1. The van der Waals surface area contributed by atoms with E-state index in [0.29, 0.717) is 5.92 Å². The summed E-state index contributed by atoms with van der Waals surface area (Å²) in [5, 5.41) is 5.42. The molecule has 0 aromatic carbocycles. The van der Waals surface area contributed by atoms with E-state index < -0.39 is 0 Å². The zero-order valence-electron chi connectivity index (χ0n) is 11.3. The average Bonchev–Trinajstić information content (AvgIpc) is 2.76. The third-order valence-electron chi connectivity index (χ3n) is 2.64. The van der Waals surface area contributed by atoms with E-state index in [1.54, 1.807) is 11.3 Å². The van der Waals surface area contributed by atoms with Crippen molar-refractivity contribution in [3.05, 3.63) is 28.2 Å². The summed E-state index contributed by atoms with van der Waals surface area (Å²) < 4.78 is 0. The summed E-state index contributed by atoms with van der Waals surface area (Å²) in [5.41, 5.74) is 2.19. The smallest absolute Gasteiger partial charge is 0.133 e. The predicted octanol–water partition coefficient (Wildman–Crippen LogP) is 4.07. The fourth-order valence-electron chi connectivity index (χ4n) is 1.72. The van der Waals surface area contributed by atoms with Crippen LogP contribution in [0.4, 0.5) is 5.82 Å². The fourth-order valence-corrected chi connectivity index (χ4v) is 2.42. The Kier molecular flexibility index (Phi) is 3.97. The summed E-state index contributed by atoms with van der Waals surface area (Å²) in [6.45, 7) is 9.30. The number of aryl methyl sites for hydroxylation is 1. The number of nitrogens with zero attached hydrogens (tertiary/aromatic N) is 2. The molecule has 0 saturated heterocycles. The second kappa shape index (κ2) is 5.48. The van der Waals surface area contributed by atoms with E-state index >= 15 is 0 Å². The van der Waals surface area contributed by atoms with Gasteiger partial charge in [0.25, 0.3) is 0 Å². The van der Waals surface area contributed by atoms with E-state index in [1.165, 1.54) is 10.4 Å². The lowest BCUT2D eigenvalue weighted by Crippen LogP contribution is -2.05. The van der Waals surface area contributed by atoms with Gasteiger partial charge in [-0.15, -0.1) is 11.3 Å². The first-order valence-corrected chi connectivity index (χ1v) is 7.16. The highest BCUT2D eigenvalue weighted by molar-refractivity contribution is 7.10. The van der Waals surface area contributed by atoms with Crippen LogP contribution in [0.5, 0.6) is 0 Å². The Morgan fingerprint density at radius 1 is 1.28 bits per heavy atom. The third-order valence-corrected chi connectivity index (χ3v) is 3.51. The van der Waals surface area contributed by atoms with Gasteiger partial charge >= 0.3 is 0 Å². The van der Waals surface area contributed by atoms with Gasteiger partial charge in [-0.3, -0.25) is 0 Å². The van der Waals surface area contributed by atoms with E-state index in [4.69, 9.17) is 0 Å². The monoisotopic (exact) mass is 261 g/mol. The van der Waals surface area contributed by atoms with Crippen LogP contribution in [0.3, 0.4) is 0 Å². The minimum Gasteiger partial charge on any atom is -0.370 e. The Morgan fingerprint density at radius 2 is 2.06 bits per heavy atom. The van der Waals surface area contributed by atoms with E-state index in [-0.39, 0.29) is 0 Å². The first-order chi connectivity index (χ1) is 8.60. The molecule has 0 spiro atoms. The molecule has 2 aromatic rings. The number of anilines is 1. The van der Waals surface area contributed by atoms with Crippen molar-refractivity contribution in [2.75, 3.05) is 11.9 Å². The van der Waals surface area contributed by atoms with Gasteiger partial charge in [0.15, 0.2) is 0 Å². The van der Waals surface area contributed by atoms with E-state index in [2.05, 4.69) is 54.4 Å². The van der Waals surface area contributed by atoms with Crippen LogP contribution in [-0.2, 0) is 0 Å². The maximum Gasteiger partial charge on any atom is 0.133 e. The molecule has 2 rings (SSSR count). The van der Waals surface area contributed by atoms with Crippen molar-refractivity contribution < 1.29 is 0 Å². The molecule has 2 heterocycles. The number of nitrogens with one attached hydrogen (secondary N) is 1. The van der Waals surface area contributed by atoms with Crippen molar-refractivity contribution in [3.8, 4) is 11.3 Å². The third kappa shape index (κ3) is 2.88. The Balaban J connectivity index is 2.45. The Hall–Kier alpha value is -1.42. The summed E-state index contributed by atoms with van der Waals surface area (Å²) in [7, 11) is 0. The molecule has 0 atom stereocenters. The minimum absolute atomic E-state index is 0.335. The van der Waals surface area contributed by atoms with Gasteiger partial charge in [-0.25, -0.2) is 9.97 Å². The quantitative estimate of drug-likeness (QED) is 0.901. The highest BCUT2D eigenvalue weighted by Gasteiger charge is 2.10. The normalized spacial score (nSPS) is 10.9. The summed E-state index contributed by atoms with van der Waals surface area (Å²) in [4.78, 5) is 10.5. The number of aromatic nitrogens is 2. The van der Waals surface area contributed by atoms with Gasteiger partial charge in [0.2, 0.25) is 0 Å². The molecule has 0 saturated carbocycles. The molecule has 0 radical (unpaired) electrons. The van der Waals surface area contributed by atoms with Gasteiger partial charge in [-0.1, -0.05) is 13.8 Å². The van der Waals surface area contributed by atoms with E-state index in [9.17, 15) is 0 Å². The van der Waals surface area contributed by atoms with Crippen LogP contribution in [0, 0.1) is 6.92 Å². The van der Waals surface area contributed by atoms with Gasteiger partial charge in [-0.05, 0) is 19.9 Å². The molecule has 0 aliphatic heterocycles. The van der Waals surface area contributed by atoms with Crippen molar-refractivity contribution in [1.82, 2.24) is 9.97 Å². The van der Waals surface area contributed by atoms with Crippen molar-refractivity contribution in [1.29, 1.82) is 0 Å². The molecule has 0 unspecified atom stereocenters. The summed E-state index contributed by atoms with van der Waals surface area (Å²) in [5.74, 6) is 2.14. The highest BCUT2D eigenvalue weighted by atomic mass is 32.1. The lowest BCUT2D eigenvalue weighted by Gasteiger charge is -2.10. The van der Waals surface area contributed by atoms with Crippen LogP contribution in [-0.4, -0.2) is 16.5 Å². The zero-order valence-corrected chi connectivity index (χ0v) is 12.1. The molecule has 18 heavy (non-hydrogen) atoms. The molecular formula is C14H19N3S. The Morgan fingerprint density at radius 3 is 2.61 bits per heavy atom. The van der Waals surface area contributed by atoms with Crippen molar-refractivity contribution in [3.63, 3.8) is 0 Å². The van der Waals surface area contributed by atoms with Crippen LogP contribution in [0.2, 0.25) is 0 Å². The number of rotatable bonds is 4. The van der Waals surface area contributed by atoms with Crippen molar-refractivity contribution in [2.24, 2.45) is 0 Å². The van der Waals surface area contributed by atoms with E-state index in [0.717, 1.165) is 23.9 Å². The molecule has 4 heteroatoms. The van der Waals surface area contributed by atoms with Gasteiger partial charge in [0, 0.05) is 34.3 Å². The molecule has 96 valence electrons. The molecule has 1 N–H and O–H groups in total. The van der Waals surface area contributed by atoms with Gasteiger partial charge in [-0.2, -0.15) is 0 Å². The van der Waals surface area contributed by atoms with Crippen molar-refractivity contribution >= 4 is 17.2 Å². The zero-order chi connectivity index (χ0) is 13.1. The largest absolute Gasteiger partial charge is 0.370 e. The standard InChI is InChI=1S/C14H19N3S/c1-5-15-13-7-12(11-6-10(4)18-8-11)16-14(17-13)9(2)3/h6-9H,5H2,1-4H3,(H,15,16,17). The van der Waals surface area contributed by atoms with Crippen LogP contribution in [0.15, 0.2) is 17.5 Å². The van der Waals surface area contributed by atoms with Crippen molar-refractivity contribution in [2.45, 2.75) is 33.6 Å². The van der Waals surface area contributed by atoms with Crippen LogP contribution in [0.25, 0.3) is 11.3 Å². The number of thiophene rings is 1. The molecule has 3 nitrogen and oxygen atoms in total. The lowest BCUT2D eigenvalue weighted by molar-refractivity contribution is 0.777.